The molecule has 15 heavy (non-hydrogen) atoms. The summed E-state index contributed by atoms with van der Waals surface area (Å²) >= 11 is 0. The van der Waals surface area contributed by atoms with Gasteiger partial charge in [-0.05, 0) is 6.42 Å². The molecule has 0 bridgehead atoms. The molecule has 0 aliphatic carbocycles. The lowest BCUT2D eigenvalue weighted by atomic mass is 10.4. The van der Waals surface area contributed by atoms with Gasteiger partial charge in [-0.25, -0.2) is 4.72 Å². The summed E-state index contributed by atoms with van der Waals surface area (Å²) in [5.74, 6) is -0.424. The van der Waals surface area contributed by atoms with Crippen molar-refractivity contribution >= 4 is 16.2 Å². The maximum Gasteiger partial charge on any atom is 0.306 e. The van der Waals surface area contributed by atoms with Gasteiger partial charge < -0.3 is 4.74 Å². The van der Waals surface area contributed by atoms with Crippen molar-refractivity contribution in [2.45, 2.75) is 19.8 Å². The Kier molecular flexibility index (Phi) is 6.46. The van der Waals surface area contributed by atoms with Crippen molar-refractivity contribution in [3.8, 4) is 0 Å². The lowest BCUT2D eigenvalue weighted by molar-refractivity contribution is -0.140. The van der Waals surface area contributed by atoms with Crippen LogP contribution < -0.4 is 4.72 Å². The number of esters is 1. The van der Waals surface area contributed by atoms with E-state index in [0.717, 1.165) is 10.7 Å². The number of hydrogen-bond acceptors (Lipinski definition) is 4. The fourth-order valence-corrected chi connectivity index (χ4v) is 1.83. The second-order valence-electron chi connectivity index (χ2n) is 3.05. The van der Waals surface area contributed by atoms with E-state index in [0.29, 0.717) is 6.54 Å². The molecule has 1 N–H and O–H groups in total. The average molecular weight is 238 g/mol. The van der Waals surface area contributed by atoms with E-state index < -0.39 is 16.2 Å². The molecule has 0 aromatic carbocycles. The second-order valence-corrected chi connectivity index (χ2v) is 4.91. The van der Waals surface area contributed by atoms with Crippen LogP contribution in [0.2, 0.25) is 0 Å². The van der Waals surface area contributed by atoms with Crippen LogP contribution in [-0.4, -0.2) is 45.9 Å². The molecule has 0 amide bonds. The van der Waals surface area contributed by atoms with E-state index in [1.54, 1.807) is 0 Å². The SMILES string of the molecule is CCCNS(=O)(=O)N(C)CCC(=O)OC. The zero-order chi connectivity index (χ0) is 11.9. The zero-order valence-electron chi connectivity index (χ0n) is 9.32. The Labute approximate surface area is 90.8 Å². The highest BCUT2D eigenvalue weighted by Gasteiger charge is 2.17. The summed E-state index contributed by atoms with van der Waals surface area (Å²) in [5.41, 5.74) is 0. The van der Waals surface area contributed by atoms with E-state index >= 15 is 0 Å². The molecule has 0 aliphatic heterocycles. The zero-order valence-corrected chi connectivity index (χ0v) is 10.1. The summed E-state index contributed by atoms with van der Waals surface area (Å²) in [4.78, 5) is 10.8. The highest BCUT2D eigenvalue weighted by molar-refractivity contribution is 7.87. The number of nitrogens with one attached hydrogen (secondary N) is 1. The van der Waals surface area contributed by atoms with Gasteiger partial charge >= 0.3 is 5.97 Å². The average Bonchev–Trinajstić information content (AvgIpc) is 2.22. The molecular formula is C8H18N2O4S. The fraction of sp³-hybridized carbons (Fsp3) is 0.875. The Bertz CT molecular complexity index is 289. The van der Waals surface area contributed by atoms with Crippen molar-refractivity contribution in [1.29, 1.82) is 0 Å². The first-order chi connectivity index (χ1) is 6.94. The van der Waals surface area contributed by atoms with Crippen LogP contribution in [0.15, 0.2) is 0 Å². The quantitative estimate of drug-likeness (QED) is 0.619. The van der Waals surface area contributed by atoms with E-state index in [-0.39, 0.29) is 13.0 Å². The van der Waals surface area contributed by atoms with Crippen LogP contribution in [0.5, 0.6) is 0 Å². The molecule has 0 aliphatic rings. The first-order valence-electron chi connectivity index (χ1n) is 4.71. The second kappa shape index (κ2) is 6.76. The fourth-order valence-electron chi connectivity index (χ4n) is 0.812. The molecule has 0 rings (SSSR count). The Morgan fingerprint density at radius 1 is 1.47 bits per heavy atom. The summed E-state index contributed by atoms with van der Waals surface area (Å²) < 4.78 is 30.8. The number of carbonyl (C=O) groups is 1. The van der Waals surface area contributed by atoms with Gasteiger partial charge in [0.1, 0.15) is 0 Å². The first-order valence-corrected chi connectivity index (χ1v) is 6.15. The number of nitrogens with zero attached hydrogens (tertiary/aromatic N) is 1. The lowest BCUT2D eigenvalue weighted by Gasteiger charge is -2.16. The monoisotopic (exact) mass is 238 g/mol. The van der Waals surface area contributed by atoms with Gasteiger partial charge in [-0.15, -0.1) is 0 Å². The molecule has 0 spiro atoms. The van der Waals surface area contributed by atoms with E-state index in [9.17, 15) is 13.2 Å². The topological polar surface area (TPSA) is 75.7 Å². The standard InChI is InChI=1S/C8H18N2O4S/c1-4-6-9-15(12,13)10(2)7-5-8(11)14-3/h9H,4-7H2,1-3H3. The largest absolute Gasteiger partial charge is 0.469 e. The molecular weight excluding hydrogens is 220 g/mol. The highest BCUT2D eigenvalue weighted by atomic mass is 32.2. The molecule has 0 radical (unpaired) electrons. The maximum absolute atomic E-state index is 11.5. The van der Waals surface area contributed by atoms with Gasteiger partial charge in [0.2, 0.25) is 0 Å². The molecule has 0 aromatic heterocycles. The molecule has 0 heterocycles. The van der Waals surface area contributed by atoms with Crippen LogP contribution in [0.25, 0.3) is 0 Å². The van der Waals surface area contributed by atoms with Gasteiger partial charge in [0.15, 0.2) is 0 Å². The third-order valence-corrected chi connectivity index (χ3v) is 3.38. The van der Waals surface area contributed by atoms with Crippen LogP contribution in [0, 0.1) is 0 Å². The number of ether oxygens (including phenoxy) is 1. The molecule has 0 unspecified atom stereocenters. The summed E-state index contributed by atoms with van der Waals surface area (Å²) in [6.45, 7) is 2.38. The van der Waals surface area contributed by atoms with Gasteiger partial charge in [0, 0.05) is 20.1 Å². The van der Waals surface area contributed by atoms with Gasteiger partial charge in [0.25, 0.3) is 10.2 Å². The predicted octanol–water partition coefficient (Wildman–Crippen LogP) is -0.274. The number of methoxy groups -OCH3 is 1. The van der Waals surface area contributed by atoms with Crippen LogP contribution in [-0.2, 0) is 19.7 Å². The summed E-state index contributed by atoms with van der Waals surface area (Å²) in [6.07, 6.45) is 0.782. The molecule has 90 valence electrons. The minimum atomic E-state index is -3.45. The minimum Gasteiger partial charge on any atom is -0.469 e. The van der Waals surface area contributed by atoms with Crippen molar-refractivity contribution in [2.24, 2.45) is 0 Å². The minimum absolute atomic E-state index is 0.0556. The van der Waals surface area contributed by atoms with Crippen LogP contribution in [0.4, 0.5) is 0 Å². The third kappa shape index (κ3) is 5.71. The Morgan fingerprint density at radius 2 is 2.07 bits per heavy atom. The third-order valence-electron chi connectivity index (χ3n) is 1.80. The van der Waals surface area contributed by atoms with Crippen LogP contribution in [0.3, 0.4) is 0 Å². The number of carbonyl (C=O) groups excluding carboxylic acids is 1. The highest BCUT2D eigenvalue weighted by Crippen LogP contribution is 1.96. The molecule has 7 heteroatoms. The van der Waals surface area contributed by atoms with Gasteiger partial charge in [-0.1, -0.05) is 6.92 Å². The number of hydrogen-bond donors (Lipinski definition) is 1. The maximum atomic E-state index is 11.5. The van der Waals surface area contributed by atoms with Crippen LogP contribution >= 0.6 is 0 Å². The number of rotatable bonds is 7. The first kappa shape index (κ1) is 14.3. The summed E-state index contributed by atoms with van der Waals surface area (Å²) in [5, 5.41) is 0. The Hall–Kier alpha value is -0.660. The molecule has 0 atom stereocenters. The van der Waals surface area contributed by atoms with E-state index in [1.165, 1.54) is 14.2 Å². The van der Waals surface area contributed by atoms with Crippen molar-refractivity contribution in [3.63, 3.8) is 0 Å². The smallest absolute Gasteiger partial charge is 0.306 e. The van der Waals surface area contributed by atoms with Crippen molar-refractivity contribution in [1.82, 2.24) is 9.03 Å². The molecule has 0 fully saturated rings. The molecule has 0 saturated carbocycles. The van der Waals surface area contributed by atoms with E-state index in [1.807, 2.05) is 6.92 Å². The van der Waals surface area contributed by atoms with Gasteiger partial charge in [-0.2, -0.15) is 12.7 Å². The summed E-state index contributed by atoms with van der Waals surface area (Å²) in [7, 11) is -0.763. The van der Waals surface area contributed by atoms with Gasteiger partial charge in [0.05, 0.1) is 13.5 Å². The van der Waals surface area contributed by atoms with Gasteiger partial charge in [-0.3, -0.25) is 4.79 Å². The molecule has 0 saturated heterocycles. The van der Waals surface area contributed by atoms with Crippen molar-refractivity contribution in [3.05, 3.63) is 0 Å². The van der Waals surface area contributed by atoms with Crippen molar-refractivity contribution < 1.29 is 17.9 Å². The Balaban J connectivity index is 4.07. The molecule has 6 nitrogen and oxygen atoms in total. The Morgan fingerprint density at radius 3 is 2.53 bits per heavy atom. The van der Waals surface area contributed by atoms with E-state index in [2.05, 4.69) is 9.46 Å². The summed E-state index contributed by atoms with van der Waals surface area (Å²) in [6, 6.07) is 0. The lowest BCUT2D eigenvalue weighted by Crippen LogP contribution is -2.39. The van der Waals surface area contributed by atoms with E-state index in [4.69, 9.17) is 0 Å². The predicted molar refractivity (Wildman–Crippen MR) is 56.5 cm³/mol. The van der Waals surface area contributed by atoms with Crippen LogP contribution in [0.1, 0.15) is 19.8 Å². The molecule has 0 aromatic rings. The van der Waals surface area contributed by atoms with Crippen molar-refractivity contribution in [2.75, 3.05) is 27.2 Å². The normalized spacial score (nSPS) is 11.7.